The largest absolute Gasteiger partial charge is 0.368 e. The van der Waals surface area contributed by atoms with E-state index in [1.165, 1.54) is 44.3 Å². The number of anilines is 3. The molecule has 4 nitrogen and oxygen atoms in total. The van der Waals surface area contributed by atoms with Gasteiger partial charge in [0.05, 0.1) is 22.8 Å². The van der Waals surface area contributed by atoms with Gasteiger partial charge in [-0.2, -0.15) is 0 Å². The molecule has 320 valence electrons. The van der Waals surface area contributed by atoms with E-state index in [2.05, 4.69) is 224 Å². The van der Waals surface area contributed by atoms with Gasteiger partial charge in [-0.15, -0.1) is 0 Å². The number of nitrogens with zero attached hydrogens (tertiary/aromatic N) is 3. The van der Waals surface area contributed by atoms with Crippen LogP contribution in [0, 0.1) is 5.92 Å². The number of benzene rings is 5. The molecular weight excluding hydrogens is 765 g/mol. The molecule has 6 aromatic rings. The second kappa shape index (κ2) is 21.9. The lowest BCUT2D eigenvalue weighted by Crippen LogP contribution is -2.33. The van der Waals surface area contributed by atoms with Crippen LogP contribution in [0.3, 0.4) is 0 Å². The molecule has 3 atom stereocenters. The van der Waals surface area contributed by atoms with E-state index in [4.69, 9.17) is 4.99 Å². The molecule has 3 heterocycles. The molecule has 2 aliphatic heterocycles. The van der Waals surface area contributed by atoms with Crippen LogP contribution in [0.2, 0.25) is 0 Å². The Morgan fingerprint density at radius 1 is 0.794 bits per heavy atom. The van der Waals surface area contributed by atoms with E-state index in [9.17, 15) is 0 Å². The number of aliphatic imine (C=N–C) groups is 1. The summed E-state index contributed by atoms with van der Waals surface area (Å²) in [5.41, 5.74) is 12.9. The highest BCUT2D eigenvalue weighted by atomic mass is 15.1. The molecule has 2 unspecified atom stereocenters. The summed E-state index contributed by atoms with van der Waals surface area (Å²) in [5.74, 6) is 0.579. The zero-order chi connectivity index (χ0) is 44.0. The van der Waals surface area contributed by atoms with Gasteiger partial charge in [0.25, 0.3) is 0 Å². The van der Waals surface area contributed by atoms with Crippen molar-refractivity contribution in [1.29, 1.82) is 0 Å². The SMILES string of the molecule is C=C/C(=C\C=C/C)C1=NC2C/C(n3c4ccccc4c4ccc(-c5ccccc5N(CC)C/C=C\C=C/CC)c(Nc5ccccc5)c43)=C\C=C/C[C@H]1C(c1ccccc1)C2.CC. The number of nitrogens with one attached hydrogen (secondary N) is 1. The molecule has 1 aliphatic carbocycles. The molecule has 0 saturated heterocycles. The average Bonchev–Trinajstić information content (AvgIpc) is 3.68. The Morgan fingerprint density at radius 2 is 1.52 bits per heavy atom. The van der Waals surface area contributed by atoms with E-state index >= 15 is 0 Å². The van der Waals surface area contributed by atoms with Crippen LogP contribution in [0.5, 0.6) is 0 Å². The summed E-state index contributed by atoms with van der Waals surface area (Å²) in [5, 5.41) is 6.45. The fraction of sp³-hybridized carbons (Fsp3) is 0.237. The van der Waals surface area contributed by atoms with Crippen LogP contribution in [-0.2, 0) is 0 Å². The predicted octanol–water partition coefficient (Wildman–Crippen LogP) is 16.1. The number of para-hydroxylation sites is 3. The maximum Gasteiger partial charge on any atom is 0.0780 e. The van der Waals surface area contributed by atoms with E-state index in [1.807, 2.05) is 19.9 Å². The minimum Gasteiger partial charge on any atom is -0.368 e. The van der Waals surface area contributed by atoms with E-state index in [-0.39, 0.29) is 12.0 Å². The molecule has 3 aliphatic rings. The molecule has 0 saturated carbocycles. The molecule has 63 heavy (non-hydrogen) atoms. The standard InChI is InChI=1S/C57H58N4.C2H6/c1-5-9-11-12-25-39-60(8-4)53-35-23-21-32-47(53)50-37-38-51-48-33-22-24-36-54(48)61(57(51)56(50)58-44-29-17-14-18-30-44)46-31-19-20-34-49-52(43-27-15-13-16-28-43)41-45(40-46)59-55(49)42(7-3)26-10-6-2;1-2/h6-7,9-33,35-38,45,49,52,58H,3,5,8,34,39-41H2,1-2,4H3;1-2H3/b10-6-,11-9-,20-19-,25-12-,42-26+,46-31+;/t45?,49-,52?;/m0./s1. The molecule has 4 heteroatoms. The van der Waals surface area contributed by atoms with Crippen LogP contribution in [-0.4, -0.2) is 29.4 Å². The molecule has 1 N–H and O–H groups in total. The second-order valence-corrected chi connectivity index (χ2v) is 16.0. The summed E-state index contributed by atoms with van der Waals surface area (Å²) in [6.07, 6.45) is 27.8. The van der Waals surface area contributed by atoms with E-state index in [0.717, 1.165) is 67.0 Å². The third kappa shape index (κ3) is 9.87. The normalized spacial score (nSPS) is 19.2. The monoisotopic (exact) mass is 829 g/mol. The van der Waals surface area contributed by atoms with Gasteiger partial charge in [-0.05, 0) is 80.5 Å². The number of rotatable bonds is 14. The Kier molecular flexibility index (Phi) is 15.5. The van der Waals surface area contributed by atoms with Crippen molar-refractivity contribution in [2.75, 3.05) is 23.3 Å². The van der Waals surface area contributed by atoms with Crippen molar-refractivity contribution >= 4 is 50.3 Å². The molecule has 0 amide bonds. The van der Waals surface area contributed by atoms with Gasteiger partial charge in [0, 0.05) is 70.1 Å². The van der Waals surface area contributed by atoms with Gasteiger partial charge in [-0.25, -0.2) is 0 Å². The number of fused-ring (bicyclic) bond motifs is 7. The van der Waals surface area contributed by atoms with E-state index < -0.39 is 0 Å². The van der Waals surface area contributed by atoms with Gasteiger partial charge in [-0.1, -0.05) is 185 Å². The van der Waals surface area contributed by atoms with Crippen molar-refractivity contribution in [2.24, 2.45) is 10.9 Å². The molecule has 1 aromatic heterocycles. The van der Waals surface area contributed by atoms with Crippen molar-refractivity contribution in [3.05, 3.63) is 206 Å². The molecular formula is C59H64N4. The molecule has 5 aromatic carbocycles. The fourth-order valence-corrected chi connectivity index (χ4v) is 9.32. The van der Waals surface area contributed by atoms with Crippen LogP contribution in [0.15, 0.2) is 205 Å². The predicted molar refractivity (Wildman–Crippen MR) is 277 cm³/mol. The topological polar surface area (TPSA) is 32.6 Å². The Bertz CT molecular complexity index is 2680. The maximum absolute atomic E-state index is 5.69. The van der Waals surface area contributed by atoms with Crippen LogP contribution in [0.4, 0.5) is 17.1 Å². The summed E-state index contributed by atoms with van der Waals surface area (Å²) in [6, 6.07) is 44.2. The smallest absolute Gasteiger partial charge is 0.0780 e. The van der Waals surface area contributed by atoms with Crippen LogP contribution in [0.25, 0.3) is 38.6 Å². The molecule has 9 rings (SSSR count). The first-order valence-electron chi connectivity index (χ1n) is 23.1. The lowest BCUT2D eigenvalue weighted by atomic mass is 9.72. The lowest BCUT2D eigenvalue weighted by Gasteiger charge is -2.37. The summed E-state index contributed by atoms with van der Waals surface area (Å²) in [6.45, 7) is 16.5. The van der Waals surface area contributed by atoms with Gasteiger partial charge >= 0.3 is 0 Å². The highest BCUT2D eigenvalue weighted by molar-refractivity contribution is 6.17. The number of hydrogen-bond donors (Lipinski definition) is 1. The summed E-state index contributed by atoms with van der Waals surface area (Å²) < 4.78 is 2.54. The molecule has 2 bridgehead atoms. The average molecular weight is 829 g/mol. The Balaban J connectivity index is 0.00000293. The third-order valence-electron chi connectivity index (χ3n) is 12.2. The van der Waals surface area contributed by atoms with E-state index in [0.29, 0.717) is 5.92 Å². The summed E-state index contributed by atoms with van der Waals surface area (Å²) in [7, 11) is 0. The number of allylic oxidation sites excluding steroid dienone is 11. The highest BCUT2D eigenvalue weighted by Gasteiger charge is 2.36. The first kappa shape index (κ1) is 44.4. The van der Waals surface area contributed by atoms with Gasteiger partial charge in [0.15, 0.2) is 0 Å². The first-order chi connectivity index (χ1) is 31.1. The fourth-order valence-electron chi connectivity index (χ4n) is 9.32. The minimum atomic E-state index is 0.0622. The Morgan fingerprint density at radius 3 is 2.29 bits per heavy atom. The zero-order valence-electron chi connectivity index (χ0n) is 37.9. The van der Waals surface area contributed by atoms with Gasteiger partial charge in [0.2, 0.25) is 0 Å². The Labute approximate surface area is 376 Å². The van der Waals surface area contributed by atoms with Crippen LogP contribution in [0.1, 0.15) is 71.8 Å². The minimum absolute atomic E-state index is 0.0622. The van der Waals surface area contributed by atoms with Gasteiger partial charge < -0.3 is 14.8 Å². The number of hydrogen-bond acceptors (Lipinski definition) is 3. The second-order valence-electron chi connectivity index (χ2n) is 16.0. The Hall–Kier alpha value is -6.65. The van der Waals surface area contributed by atoms with Crippen molar-refractivity contribution in [2.45, 2.75) is 72.3 Å². The van der Waals surface area contributed by atoms with Gasteiger partial charge in [-0.3, -0.25) is 4.99 Å². The molecule has 0 fully saturated rings. The maximum atomic E-state index is 5.69. The highest BCUT2D eigenvalue weighted by Crippen LogP contribution is 2.47. The van der Waals surface area contributed by atoms with Crippen LogP contribution >= 0.6 is 0 Å². The number of aromatic nitrogens is 1. The van der Waals surface area contributed by atoms with E-state index in [1.54, 1.807) is 0 Å². The van der Waals surface area contributed by atoms with Crippen molar-refractivity contribution < 1.29 is 0 Å². The summed E-state index contributed by atoms with van der Waals surface area (Å²) >= 11 is 0. The first-order valence-corrected chi connectivity index (χ1v) is 23.1. The lowest BCUT2D eigenvalue weighted by molar-refractivity contribution is 0.426. The number of likely N-dealkylation sites (N-methyl/N-ethyl adjacent to an activating group) is 1. The molecule has 0 radical (unpaired) electrons. The summed E-state index contributed by atoms with van der Waals surface area (Å²) in [4.78, 5) is 8.15. The quantitative estimate of drug-likeness (QED) is 0.111. The van der Waals surface area contributed by atoms with Crippen molar-refractivity contribution in [1.82, 2.24) is 4.57 Å². The van der Waals surface area contributed by atoms with Gasteiger partial charge in [0.1, 0.15) is 0 Å². The van der Waals surface area contributed by atoms with Crippen LogP contribution < -0.4 is 10.2 Å². The van der Waals surface area contributed by atoms with Crippen molar-refractivity contribution in [3.8, 4) is 11.1 Å². The zero-order valence-corrected chi connectivity index (χ0v) is 37.9. The van der Waals surface area contributed by atoms with Crippen molar-refractivity contribution in [3.63, 3.8) is 0 Å². The third-order valence-corrected chi connectivity index (χ3v) is 12.2. The molecule has 0 spiro atoms.